The Bertz CT molecular complexity index is 419. The van der Waals surface area contributed by atoms with Crippen molar-refractivity contribution in [1.29, 1.82) is 0 Å². The van der Waals surface area contributed by atoms with Crippen molar-refractivity contribution in [1.82, 2.24) is 0 Å². The fraction of sp³-hybridized carbons (Fsp3) is 0.364. The largest absolute Gasteiger partial charge is 0.370 e. The highest BCUT2D eigenvalue weighted by molar-refractivity contribution is 14.0. The summed E-state index contributed by atoms with van der Waals surface area (Å²) in [5, 5.41) is 2.56. The Hall–Kier alpha value is -0.920. The Kier molecular flexibility index (Phi) is 5.10. The van der Waals surface area contributed by atoms with Crippen LogP contribution < -0.4 is 11.1 Å². The van der Waals surface area contributed by atoms with Crippen molar-refractivity contribution in [2.45, 2.75) is 25.3 Å². The van der Waals surface area contributed by atoms with Gasteiger partial charge in [0.15, 0.2) is 5.96 Å². The summed E-state index contributed by atoms with van der Waals surface area (Å²) in [6, 6.07) is 3.39. The molecule has 1 aliphatic rings. The molecule has 1 fully saturated rings. The highest BCUT2D eigenvalue weighted by atomic mass is 127. The molecular weight excluding hydrogens is 339 g/mol. The second-order valence-electron chi connectivity index (χ2n) is 3.85. The maximum atomic E-state index is 13.2. The minimum Gasteiger partial charge on any atom is -0.370 e. The number of hydrogen-bond donors (Lipinski definition) is 2. The Labute approximate surface area is 116 Å². The van der Waals surface area contributed by atoms with Crippen molar-refractivity contribution in [2.24, 2.45) is 10.7 Å². The van der Waals surface area contributed by atoms with Crippen molar-refractivity contribution in [2.75, 3.05) is 5.32 Å². The van der Waals surface area contributed by atoms with Gasteiger partial charge in [0.2, 0.25) is 0 Å². The molecule has 6 heteroatoms. The molecule has 0 bridgehead atoms. The molecule has 1 saturated carbocycles. The van der Waals surface area contributed by atoms with E-state index in [-0.39, 0.29) is 41.7 Å². The number of rotatable bonds is 2. The quantitative estimate of drug-likeness (QED) is 0.488. The number of anilines is 1. The number of guanidine groups is 1. The summed E-state index contributed by atoms with van der Waals surface area (Å²) < 4.78 is 26.1. The maximum Gasteiger partial charge on any atom is 0.193 e. The normalized spacial score (nSPS) is 16.0. The van der Waals surface area contributed by atoms with Crippen molar-refractivity contribution in [3.05, 3.63) is 29.8 Å². The summed E-state index contributed by atoms with van der Waals surface area (Å²) in [5.74, 6) is -0.928. The van der Waals surface area contributed by atoms with Crippen LogP contribution in [-0.2, 0) is 0 Å². The molecule has 3 N–H and O–H groups in total. The number of nitrogens with zero attached hydrogens (tertiary/aromatic N) is 1. The van der Waals surface area contributed by atoms with Gasteiger partial charge < -0.3 is 11.1 Å². The van der Waals surface area contributed by atoms with Crippen LogP contribution in [0.5, 0.6) is 0 Å². The zero-order chi connectivity index (χ0) is 11.5. The number of benzene rings is 1. The van der Waals surface area contributed by atoms with Crippen molar-refractivity contribution in [3.8, 4) is 0 Å². The molecular formula is C11H14F2IN3. The Morgan fingerprint density at radius 3 is 2.65 bits per heavy atom. The molecule has 17 heavy (non-hydrogen) atoms. The van der Waals surface area contributed by atoms with E-state index >= 15 is 0 Å². The predicted molar refractivity (Wildman–Crippen MR) is 74.7 cm³/mol. The summed E-state index contributed by atoms with van der Waals surface area (Å²) in [4.78, 5) is 4.14. The van der Waals surface area contributed by atoms with E-state index in [1.807, 2.05) is 0 Å². The lowest BCUT2D eigenvalue weighted by Gasteiger charge is -2.21. The lowest BCUT2D eigenvalue weighted by atomic mass is 9.94. The molecule has 1 aromatic rings. The molecule has 0 heterocycles. The Morgan fingerprint density at radius 2 is 2.06 bits per heavy atom. The summed E-state index contributed by atoms with van der Waals surface area (Å²) in [5.41, 5.74) is 5.60. The first-order chi connectivity index (χ1) is 7.65. The van der Waals surface area contributed by atoms with E-state index < -0.39 is 11.6 Å². The number of halogens is 3. The highest BCUT2D eigenvalue weighted by Gasteiger charge is 2.16. The van der Waals surface area contributed by atoms with Gasteiger partial charge in [-0.05, 0) is 31.4 Å². The molecule has 0 aromatic heterocycles. The van der Waals surface area contributed by atoms with Crippen molar-refractivity contribution >= 4 is 35.6 Å². The van der Waals surface area contributed by atoms with Crippen LogP contribution in [0.4, 0.5) is 14.5 Å². The first-order valence-corrected chi connectivity index (χ1v) is 5.20. The molecule has 0 amide bonds. The van der Waals surface area contributed by atoms with Gasteiger partial charge in [0.05, 0.1) is 11.7 Å². The third-order valence-corrected chi connectivity index (χ3v) is 2.59. The summed E-state index contributed by atoms with van der Waals surface area (Å²) in [6.07, 6.45) is 3.16. The van der Waals surface area contributed by atoms with Gasteiger partial charge in [-0.3, -0.25) is 0 Å². The van der Waals surface area contributed by atoms with E-state index in [2.05, 4.69) is 10.3 Å². The van der Waals surface area contributed by atoms with Gasteiger partial charge in [0, 0.05) is 6.07 Å². The summed E-state index contributed by atoms with van der Waals surface area (Å²) in [7, 11) is 0. The topological polar surface area (TPSA) is 50.4 Å². The van der Waals surface area contributed by atoms with E-state index in [0.29, 0.717) is 0 Å². The monoisotopic (exact) mass is 353 g/mol. The Morgan fingerprint density at radius 1 is 1.35 bits per heavy atom. The highest BCUT2D eigenvalue weighted by Crippen LogP contribution is 2.22. The van der Waals surface area contributed by atoms with E-state index in [1.165, 1.54) is 0 Å². The van der Waals surface area contributed by atoms with E-state index in [0.717, 1.165) is 37.5 Å². The second-order valence-corrected chi connectivity index (χ2v) is 3.85. The molecule has 94 valence electrons. The molecule has 1 aromatic carbocycles. The second kappa shape index (κ2) is 6.13. The minimum absolute atomic E-state index is 0. The van der Waals surface area contributed by atoms with Crippen LogP contribution in [0.25, 0.3) is 0 Å². The molecule has 0 radical (unpaired) electrons. The molecule has 0 saturated heterocycles. The number of nitrogens with one attached hydrogen (secondary N) is 1. The van der Waals surface area contributed by atoms with Crippen LogP contribution in [0.15, 0.2) is 23.2 Å². The van der Waals surface area contributed by atoms with Crippen LogP contribution in [0.3, 0.4) is 0 Å². The zero-order valence-corrected chi connectivity index (χ0v) is 11.4. The fourth-order valence-corrected chi connectivity index (χ4v) is 1.48. The van der Waals surface area contributed by atoms with Crippen molar-refractivity contribution in [3.63, 3.8) is 0 Å². The van der Waals surface area contributed by atoms with Crippen LogP contribution >= 0.6 is 24.0 Å². The average molecular weight is 353 g/mol. The van der Waals surface area contributed by atoms with E-state index in [1.54, 1.807) is 0 Å². The standard InChI is InChI=1S/C11H13F2N3.HI/c12-7-4-5-9(13)10(6-7)16-11(14)15-8-2-1-3-8;/h4-6,8H,1-3H2,(H3,14,15,16);1H. The van der Waals surface area contributed by atoms with Gasteiger partial charge in [0.25, 0.3) is 0 Å². The van der Waals surface area contributed by atoms with Crippen LogP contribution in [0, 0.1) is 11.6 Å². The molecule has 0 spiro atoms. The van der Waals surface area contributed by atoms with E-state index in [4.69, 9.17) is 5.73 Å². The summed E-state index contributed by atoms with van der Waals surface area (Å²) in [6.45, 7) is 0. The van der Waals surface area contributed by atoms with E-state index in [9.17, 15) is 8.78 Å². The van der Waals surface area contributed by atoms with Gasteiger partial charge in [0.1, 0.15) is 11.6 Å². The first kappa shape index (κ1) is 14.1. The molecule has 3 nitrogen and oxygen atoms in total. The maximum absolute atomic E-state index is 13.2. The smallest absolute Gasteiger partial charge is 0.193 e. The van der Waals surface area contributed by atoms with Gasteiger partial charge >= 0.3 is 0 Å². The lowest BCUT2D eigenvalue weighted by molar-refractivity contribution is 0.420. The lowest BCUT2D eigenvalue weighted by Crippen LogP contribution is -2.28. The van der Waals surface area contributed by atoms with Gasteiger partial charge in [-0.25, -0.2) is 13.8 Å². The van der Waals surface area contributed by atoms with Crippen LogP contribution in [0.2, 0.25) is 0 Å². The van der Waals surface area contributed by atoms with Crippen molar-refractivity contribution < 1.29 is 8.78 Å². The van der Waals surface area contributed by atoms with Gasteiger partial charge in [-0.2, -0.15) is 0 Å². The molecule has 0 aliphatic heterocycles. The first-order valence-electron chi connectivity index (χ1n) is 5.20. The number of hydrogen-bond acceptors (Lipinski definition) is 1. The molecule has 1 aliphatic carbocycles. The van der Waals surface area contributed by atoms with Crippen LogP contribution in [0.1, 0.15) is 19.3 Å². The summed E-state index contributed by atoms with van der Waals surface area (Å²) >= 11 is 0. The average Bonchev–Trinajstić information content (AvgIpc) is 2.18. The third kappa shape index (κ3) is 3.79. The Balaban J connectivity index is 0.00000144. The molecule has 2 rings (SSSR count). The van der Waals surface area contributed by atoms with Crippen LogP contribution in [-0.4, -0.2) is 12.0 Å². The van der Waals surface area contributed by atoms with Gasteiger partial charge in [-0.15, -0.1) is 24.0 Å². The SMILES string of the molecule is I.NC(=NC1CCC1)Nc1cc(F)ccc1F. The number of nitrogens with two attached hydrogens (primary N) is 1. The minimum atomic E-state index is -0.548. The molecule has 0 unspecified atom stereocenters. The predicted octanol–water partition coefficient (Wildman–Crippen LogP) is 2.86. The third-order valence-electron chi connectivity index (χ3n) is 2.59. The molecule has 0 atom stereocenters. The zero-order valence-electron chi connectivity index (χ0n) is 9.12. The fourth-order valence-electron chi connectivity index (χ4n) is 1.48. The number of aliphatic imine (C=N–C) groups is 1. The van der Waals surface area contributed by atoms with Gasteiger partial charge in [-0.1, -0.05) is 0 Å².